The number of pyridine rings is 1. The van der Waals surface area contributed by atoms with Gasteiger partial charge in [0.15, 0.2) is 11.0 Å². The van der Waals surface area contributed by atoms with E-state index in [4.69, 9.17) is 14.2 Å². The second-order valence-corrected chi connectivity index (χ2v) is 8.68. The van der Waals surface area contributed by atoms with Crippen LogP contribution in [0.4, 0.5) is 0 Å². The number of thioether (sulfide) groups is 1. The Labute approximate surface area is 218 Å². The summed E-state index contributed by atoms with van der Waals surface area (Å²) in [4.78, 5) is 16.7. The number of nitrogens with zero attached hydrogens (tertiary/aromatic N) is 5. The number of benzene rings is 2. The highest BCUT2D eigenvalue weighted by molar-refractivity contribution is 7.99. The van der Waals surface area contributed by atoms with Gasteiger partial charge in [-0.2, -0.15) is 5.10 Å². The molecule has 4 rings (SSSR count). The molecule has 37 heavy (non-hydrogen) atoms. The van der Waals surface area contributed by atoms with E-state index in [1.807, 2.05) is 47.9 Å². The summed E-state index contributed by atoms with van der Waals surface area (Å²) in [5.41, 5.74) is 6.00. The number of carbonyl (C=O) groups is 1. The van der Waals surface area contributed by atoms with Crippen molar-refractivity contribution >= 4 is 23.9 Å². The summed E-state index contributed by atoms with van der Waals surface area (Å²) in [5.74, 6) is 2.00. The maximum absolute atomic E-state index is 12.6. The van der Waals surface area contributed by atoms with Gasteiger partial charge in [-0.3, -0.25) is 14.3 Å². The maximum Gasteiger partial charge on any atom is 0.250 e. The van der Waals surface area contributed by atoms with Gasteiger partial charge in [0.25, 0.3) is 5.91 Å². The smallest absolute Gasteiger partial charge is 0.250 e. The van der Waals surface area contributed by atoms with Crippen molar-refractivity contribution in [3.05, 3.63) is 72.1 Å². The number of aromatic nitrogens is 4. The second-order valence-electron chi connectivity index (χ2n) is 7.74. The molecular weight excluding hydrogens is 492 g/mol. The third kappa shape index (κ3) is 6.07. The van der Waals surface area contributed by atoms with E-state index in [1.54, 1.807) is 31.6 Å². The third-order valence-corrected chi connectivity index (χ3v) is 6.26. The molecule has 0 aliphatic heterocycles. The Morgan fingerprint density at radius 2 is 1.68 bits per heavy atom. The van der Waals surface area contributed by atoms with Crippen molar-refractivity contribution in [1.29, 1.82) is 0 Å². The van der Waals surface area contributed by atoms with E-state index in [2.05, 4.69) is 25.7 Å². The predicted octanol–water partition coefficient (Wildman–Crippen LogP) is 3.91. The minimum atomic E-state index is -0.309. The van der Waals surface area contributed by atoms with Gasteiger partial charge < -0.3 is 14.2 Å². The summed E-state index contributed by atoms with van der Waals surface area (Å²) < 4.78 is 18.0. The van der Waals surface area contributed by atoms with Crippen molar-refractivity contribution in [1.82, 2.24) is 25.2 Å². The van der Waals surface area contributed by atoms with Crippen LogP contribution in [-0.2, 0) is 4.79 Å². The highest BCUT2D eigenvalue weighted by Gasteiger charge is 2.17. The van der Waals surface area contributed by atoms with Crippen LogP contribution in [0, 0.1) is 6.92 Å². The summed E-state index contributed by atoms with van der Waals surface area (Å²) in [5, 5.41) is 13.4. The molecule has 0 saturated heterocycles. The number of carbonyl (C=O) groups excluding carboxylic acids is 1. The number of hydrogen-bond acceptors (Lipinski definition) is 9. The van der Waals surface area contributed by atoms with Crippen LogP contribution in [0.2, 0.25) is 0 Å². The fourth-order valence-electron chi connectivity index (χ4n) is 3.47. The number of aryl methyl sites for hydroxylation is 1. The average Bonchev–Trinajstić information content (AvgIpc) is 3.36. The Bertz CT molecular complexity index is 1370. The Hall–Kier alpha value is -4.38. The fraction of sp³-hybridized carbons (Fsp3) is 0.192. The van der Waals surface area contributed by atoms with Crippen LogP contribution in [0.5, 0.6) is 17.2 Å². The van der Waals surface area contributed by atoms with Gasteiger partial charge in [0.2, 0.25) is 0 Å². The number of nitrogens with one attached hydrogen (secondary N) is 1. The van der Waals surface area contributed by atoms with E-state index in [1.165, 1.54) is 32.2 Å². The van der Waals surface area contributed by atoms with E-state index in [0.717, 1.165) is 16.8 Å². The fourth-order valence-corrected chi connectivity index (χ4v) is 4.21. The van der Waals surface area contributed by atoms with Crippen LogP contribution in [0.1, 0.15) is 11.1 Å². The zero-order chi connectivity index (χ0) is 26.2. The quantitative estimate of drug-likeness (QED) is 0.191. The summed E-state index contributed by atoms with van der Waals surface area (Å²) in [7, 11) is 4.62. The number of amides is 1. The van der Waals surface area contributed by atoms with Crippen LogP contribution in [0.15, 0.2) is 71.2 Å². The largest absolute Gasteiger partial charge is 0.496 e. The van der Waals surface area contributed by atoms with Gasteiger partial charge in [-0.15, -0.1) is 10.2 Å². The van der Waals surface area contributed by atoms with Crippen molar-refractivity contribution in [3.63, 3.8) is 0 Å². The average molecular weight is 519 g/mol. The molecule has 4 aromatic rings. The SMILES string of the molecule is COc1cc(OC)c(/C=N/NC(=O)CSc2nnc(-c3ccncc3)n2-c2ccc(C)cc2)c(OC)c1. The molecule has 10 nitrogen and oxygen atoms in total. The van der Waals surface area contributed by atoms with Gasteiger partial charge in [0.05, 0.1) is 38.9 Å². The first-order valence-electron chi connectivity index (χ1n) is 11.2. The Balaban J connectivity index is 1.50. The molecule has 1 amide bonds. The highest BCUT2D eigenvalue weighted by Crippen LogP contribution is 2.32. The van der Waals surface area contributed by atoms with E-state index in [9.17, 15) is 4.79 Å². The first kappa shape index (κ1) is 25.7. The zero-order valence-electron chi connectivity index (χ0n) is 20.8. The molecule has 0 aliphatic rings. The number of hydrazone groups is 1. The maximum atomic E-state index is 12.6. The molecular formula is C26H26N6O4S. The normalized spacial score (nSPS) is 10.9. The molecule has 0 spiro atoms. The van der Waals surface area contributed by atoms with Gasteiger partial charge >= 0.3 is 0 Å². The topological polar surface area (TPSA) is 113 Å². The molecule has 11 heteroatoms. The third-order valence-electron chi connectivity index (χ3n) is 5.33. The monoisotopic (exact) mass is 518 g/mol. The van der Waals surface area contributed by atoms with Crippen LogP contribution in [0.25, 0.3) is 17.1 Å². The van der Waals surface area contributed by atoms with Gasteiger partial charge in [0.1, 0.15) is 17.2 Å². The Morgan fingerprint density at radius 1 is 1.00 bits per heavy atom. The summed E-state index contributed by atoms with van der Waals surface area (Å²) in [6.45, 7) is 2.03. The lowest BCUT2D eigenvalue weighted by atomic mass is 10.2. The highest BCUT2D eigenvalue weighted by atomic mass is 32.2. The van der Waals surface area contributed by atoms with Gasteiger partial charge in [-0.05, 0) is 31.2 Å². The molecule has 2 aromatic heterocycles. The molecule has 190 valence electrons. The van der Waals surface area contributed by atoms with Crippen molar-refractivity contribution in [2.45, 2.75) is 12.1 Å². The Morgan fingerprint density at radius 3 is 2.30 bits per heavy atom. The van der Waals surface area contributed by atoms with Crippen molar-refractivity contribution in [2.24, 2.45) is 5.10 Å². The molecule has 2 heterocycles. The van der Waals surface area contributed by atoms with Crippen LogP contribution >= 0.6 is 11.8 Å². The summed E-state index contributed by atoms with van der Waals surface area (Å²) in [6, 6.07) is 15.2. The zero-order valence-corrected chi connectivity index (χ0v) is 21.7. The molecule has 0 radical (unpaired) electrons. The predicted molar refractivity (Wildman–Crippen MR) is 142 cm³/mol. The minimum absolute atomic E-state index is 0.0779. The lowest BCUT2D eigenvalue weighted by Gasteiger charge is -2.12. The van der Waals surface area contributed by atoms with E-state index >= 15 is 0 Å². The van der Waals surface area contributed by atoms with Crippen LogP contribution < -0.4 is 19.6 Å². The molecule has 0 aliphatic carbocycles. The first-order valence-corrected chi connectivity index (χ1v) is 12.2. The van der Waals surface area contributed by atoms with E-state index < -0.39 is 0 Å². The summed E-state index contributed by atoms with van der Waals surface area (Å²) in [6.07, 6.45) is 4.87. The lowest BCUT2D eigenvalue weighted by Crippen LogP contribution is -2.20. The molecule has 2 aromatic carbocycles. The molecule has 0 atom stereocenters. The van der Waals surface area contributed by atoms with Crippen molar-refractivity contribution in [3.8, 4) is 34.3 Å². The number of hydrogen-bond donors (Lipinski definition) is 1. The minimum Gasteiger partial charge on any atom is -0.496 e. The molecule has 0 bridgehead atoms. The van der Waals surface area contributed by atoms with Crippen LogP contribution in [0.3, 0.4) is 0 Å². The number of rotatable bonds is 10. The van der Waals surface area contributed by atoms with Gasteiger partial charge in [-0.25, -0.2) is 5.43 Å². The van der Waals surface area contributed by atoms with E-state index in [-0.39, 0.29) is 11.7 Å². The molecule has 1 N–H and O–H groups in total. The Kier molecular flexibility index (Phi) is 8.37. The summed E-state index contributed by atoms with van der Waals surface area (Å²) >= 11 is 1.26. The molecule has 0 fully saturated rings. The van der Waals surface area contributed by atoms with Crippen molar-refractivity contribution < 1.29 is 19.0 Å². The first-order chi connectivity index (χ1) is 18.0. The number of methoxy groups -OCH3 is 3. The van der Waals surface area contributed by atoms with Crippen molar-refractivity contribution in [2.75, 3.05) is 27.1 Å². The molecule has 0 saturated carbocycles. The van der Waals surface area contributed by atoms with E-state index in [0.29, 0.717) is 33.8 Å². The lowest BCUT2D eigenvalue weighted by molar-refractivity contribution is -0.118. The van der Waals surface area contributed by atoms with Gasteiger partial charge in [0, 0.05) is 35.8 Å². The standard InChI is InChI=1S/C26H26N6O4S/c1-17-5-7-19(8-6-17)32-25(18-9-11-27-12-10-18)30-31-26(32)37-16-24(33)29-28-15-21-22(35-3)13-20(34-2)14-23(21)36-4/h5-15H,16H2,1-4H3,(H,29,33)/b28-15+. The van der Waals surface area contributed by atoms with Crippen LogP contribution in [-0.4, -0.2) is 59.0 Å². The molecule has 0 unspecified atom stereocenters. The second kappa shape index (κ2) is 12.0. The number of ether oxygens (including phenoxy) is 3. The van der Waals surface area contributed by atoms with Gasteiger partial charge in [-0.1, -0.05) is 29.5 Å².